The van der Waals surface area contributed by atoms with Crippen LogP contribution in [0, 0.1) is 35.5 Å². The van der Waals surface area contributed by atoms with Gasteiger partial charge in [-0.1, -0.05) is 101 Å². The Hall–Kier alpha value is -7.00. The Morgan fingerprint density at radius 1 is 0.537 bits per heavy atom. The molecule has 11 amide bonds. The number of nitrogens with one attached hydrogen (secondary N) is 4. The first-order valence-electron chi connectivity index (χ1n) is 33.5. The van der Waals surface area contributed by atoms with Gasteiger partial charge in [-0.25, -0.2) is 0 Å². The predicted molar refractivity (Wildman–Crippen MR) is 361 cm³/mol. The summed E-state index contributed by atoms with van der Waals surface area (Å²) >= 11 is 0. The maximum Gasteiger partial charge on any atom is 0.302 e. The maximum absolute atomic E-state index is 15.3. The Balaban J connectivity index is 4.55. The molecule has 1 aliphatic heterocycles. The smallest absolute Gasteiger partial charge is 0.302 e. The summed E-state index contributed by atoms with van der Waals surface area (Å²) in [6.45, 7) is 30.6. The van der Waals surface area contributed by atoms with Crippen molar-refractivity contribution in [3.63, 3.8) is 0 Å². The highest BCUT2D eigenvalue weighted by Crippen LogP contribution is 2.26. The van der Waals surface area contributed by atoms with Gasteiger partial charge in [0.1, 0.15) is 66.5 Å². The van der Waals surface area contributed by atoms with Crippen LogP contribution in [0.25, 0.3) is 0 Å². The third-order valence-corrected chi connectivity index (χ3v) is 17.3. The fourth-order valence-corrected chi connectivity index (χ4v) is 11.7. The minimum Gasteiger partial charge on any atom is -0.466 e. The van der Waals surface area contributed by atoms with Crippen LogP contribution in [-0.2, 0) is 67.0 Å². The Morgan fingerprint density at radius 3 is 1.46 bits per heavy atom. The highest BCUT2D eigenvalue weighted by atomic mass is 16.5. The lowest BCUT2D eigenvalue weighted by molar-refractivity contribution is -0.157. The van der Waals surface area contributed by atoms with Gasteiger partial charge in [0.2, 0.25) is 65.0 Å². The van der Waals surface area contributed by atoms with Crippen LogP contribution >= 0.6 is 0 Å². The molecule has 27 nitrogen and oxygen atoms in total. The van der Waals surface area contributed by atoms with E-state index >= 15 is 33.6 Å². The van der Waals surface area contributed by atoms with Crippen molar-refractivity contribution >= 4 is 70.9 Å². The van der Waals surface area contributed by atoms with E-state index in [1.807, 2.05) is 41.5 Å². The molecule has 0 spiro atoms. The van der Waals surface area contributed by atoms with Crippen molar-refractivity contribution in [3.8, 4) is 0 Å². The van der Waals surface area contributed by atoms with Gasteiger partial charge in [-0.2, -0.15) is 0 Å². The standard InChI is InChI=1S/C68H119N11O16/c1-25-30-43(14)57(82)56-61(86)71-48(27-3)63(88)79(31-26-2)52(37-80)66(91)77(23)55(46(17)94-32-28-29-33-95-47(18)81)60(85)72-53(41(10)11)67(92)73(19)49(34-38(4)5)59(84)69-44(15)58(83)70-45(16)62(87)74(20)50(35-39(6)7)64(89)75(21)51(36-40(8)9)65(90)76(22)54(42(12)13)68(93)78(56)24/h25-26,30,38-46,48-57,80,82H,2,27-29,31-37H2,1,3-24H3,(H,69,84)(H,70,83)(H,71,86)(H,72,85)/b30-25+/t43-,44+,45-,46-,48+,49+,50+,51+,52-,53+,54+,55?,56+,57-/m1/s1. The van der Waals surface area contributed by atoms with Crippen molar-refractivity contribution < 1.29 is 77.2 Å². The molecule has 0 radical (unpaired) electrons. The fraction of sp³-hybridized carbons (Fsp3) is 0.765. The number of rotatable bonds is 22. The molecule has 95 heavy (non-hydrogen) atoms. The lowest BCUT2D eigenvalue weighted by Crippen LogP contribution is -2.65. The molecule has 6 N–H and O–H groups in total. The van der Waals surface area contributed by atoms with Crippen LogP contribution in [0.3, 0.4) is 0 Å². The summed E-state index contributed by atoms with van der Waals surface area (Å²) in [5.41, 5.74) is 0. The molecule has 1 rings (SSSR count). The quantitative estimate of drug-likeness (QED) is 0.0515. The summed E-state index contributed by atoms with van der Waals surface area (Å²) in [6, 6.07) is -15.5. The van der Waals surface area contributed by atoms with Gasteiger partial charge in [0.05, 0.1) is 25.4 Å². The maximum atomic E-state index is 15.3. The van der Waals surface area contributed by atoms with Gasteiger partial charge < -0.3 is 75.3 Å². The van der Waals surface area contributed by atoms with Crippen LogP contribution in [0.2, 0.25) is 0 Å². The van der Waals surface area contributed by atoms with Crippen LogP contribution < -0.4 is 21.3 Å². The van der Waals surface area contributed by atoms with Crippen LogP contribution in [0.1, 0.15) is 156 Å². The zero-order valence-corrected chi connectivity index (χ0v) is 61.2. The molecular formula is C68H119N11O16. The van der Waals surface area contributed by atoms with Crippen LogP contribution in [-0.4, -0.2) is 263 Å². The number of unbranched alkanes of at least 4 members (excludes halogenated alkanes) is 1. The van der Waals surface area contributed by atoms with E-state index in [0.29, 0.717) is 12.8 Å². The SMILES string of the molecule is C=CCN1C(=O)[C@H](CC)NC(=O)[C@H]([C@H](O)[C@H](C)/C=C/C)N(C)C(=O)[C@H](C(C)C)N(C)C(=O)[C@H](CC(C)C)N(C)C(=O)[C@H](CC(C)C)N(C)C(=O)[C@@H](C)NC(=O)[C@H](C)NC(=O)[C@H](CC(C)C)N(C)C(=O)[C@H](C(C)C)NC(=O)C([C@@H](C)OCCCCOC(C)=O)N(C)C(=O)[C@H]1CO. The van der Waals surface area contributed by atoms with Gasteiger partial charge in [0.25, 0.3) is 0 Å². The third-order valence-electron chi connectivity index (χ3n) is 17.3. The number of allylic oxidation sites excluding steroid dienone is 1. The number of hydrogen-bond acceptors (Lipinski definition) is 16. The number of carbonyl (C=O) groups is 12. The second kappa shape index (κ2) is 40.5. The van der Waals surface area contributed by atoms with Crippen molar-refractivity contribution in [1.29, 1.82) is 0 Å². The number of carbonyl (C=O) groups excluding carboxylic acids is 12. The largest absolute Gasteiger partial charge is 0.466 e. The van der Waals surface area contributed by atoms with Crippen molar-refractivity contribution in [2.75, 3.05) is 68.7 Å². The topological polar surface area (TPSA) is 335 Å². The minimum atomic E-state index is -1.77. The molecule has 0 aromatic carbocycles. The molecular weight excluding hydrogens is 1230 g/mol. The van der Waals surface area contributed by atoms with E-state index < -0.39 is 181 Å². The molecule has 1 unspecified atom stereocenters. The Kier molecular flexibility index (Phi) is 36.7. The summed E-state index contributed by atoms with van der Waals surface area (Å²) in [4.78, 5) is 183. The van der Waals surface area contributed by atoms with Gasteiger partial charge in [-0.15, -0.1) is 6.58 Å². The van der Waals surface area contributed by atoms with Crippen molar-refractivity contribution in [2.45, 2.75) is 235 Å². The van der Waals surface area contributed by atoms with Gasteiger partial charge in [-0.05, 0) is 95.8 Å². The van der Waals surface area contributed by atoms with E-state index in [0.717, 1.165) is 19.6 Å². The highest BCUT2D eigenvalue weighted by molar-refractivity contribution is 6.00. The summed E-state index contributed by atoms with van der Waals surface area (Å²) < 4.78 is 11.2. The number of nitrogens with zero attached hydrogens (tertiary/aromatic N) is 7. The lowest BCUT2D eigenvalue weighted by atomic mass is 9.93. The number of hydrogen-bond donors (Lipinski definition) is 6. The van der Waals surface area contributed by atoms with Gasteiger partial charge >= 0.3 is 5.97 Å². The number of aliphatic hydroxyl groups excluding tert-OH is 2. The molecule has 14 atom stereocenters. The second-order valence-electron chi connectivity index (χ2n) is 27.3. The first kappa shape index (κ1) is 86.0. The van der Waals surface area contributed by atoms with Gasteiger partial charge in [0, 0.05) is 68.3 Å². The average molecular weight is 1350 g/mol. The highest BCUT2D eigenvalue weighted by Gasteiger charge is 2.47. The van der Waals surface area contributed by atoms with E-state index in [9.17, 15) is 34.2 Å². The number of likely N-dealkylation sites (N-methyl/N-ethyl adjacent to an activating group) is 6. The van der Waals surface area contributed by atoms with Crippen LogP contribution in [0.5, 0.6) is 0 Å². The van der Waals surface area contributed by atoms with E-state index in [-0.39, 0.29) is 56.7 Å². The first-order valence-corrected chi connectivity index (χ1v) is 33.5. The predicted octanol–water partition coefficient (Wildman–Crippen LogP) is 2.50. The molecule has 1 fully saturated rings. The molecule has 1 saturated heterocycles. The molecule has 27 heteroatoms. The molecule has 0 aromatic rings. The first-order chi connectivity index (χ1) is 44.1. The molecule has 542 valence electrons. The summed E-state index contributed by atoms with van der Waals surface area (Å²) in [5.74, 6) is -12.0. The molecule has 0 aromatic heterocycles. The van der Waals surface area contributed by atoms with Crippen molar-refractivity contribution in [2.24, 2.45) is 35.5 Å². The van der Waals surface area contributed by atoms with Crippen molar-refractivity contribution in [1.82, 2.24) is 55.6 Å². The fourth-order valence-electron chi connectivity index (χ4n) is 11.7. The average Bonchev–Trinajstić information content (AvgIpc) is 0.814. The van der Waals surface area contributed by atoms with Crippen LogP contribution in [0.4, 0.5) is 0 Å². The van der Waals surface area contributed by atoms with Gasteiger partial charge in [0.15, 0.2) is 0 Å². The number of amides is 11. The Morgan fingerprint density at radius 2 is 0.989 bits per heavy atom. The molecule has 0 aliphatic carbocycles. The minimum absolute atomic E-state index is 0.00627. The lowest BCUT2D eigenvalue weighted by Gasteiger charge is -2.41. The van der Waals surface area contributed by atoms with E-state index in [4.69, 9.17) is 9.47 Å². The second-order valence-corrected chi connectivity index (χ2v) is 27.3. The van der Waals surface area contributed by atoms with E-state index in [1.165, 1.54) is 90.8 Å². The molecule has 1 heterocycles. The zero-order valence-electron chi connectivity index (χ0n) is 61.2. The van der Waals surface area contributed by atoms with E-state index in [1.54, 1.807) is 60.6 Å². The molecule has 0 bridgehead atoms. The summed E-state index contributed by atoms with van der Waals surface area (Å²) in [7, 11) is 8.17. The summed E-state index contributed by atoms with van der Waals surface area (Å²) in [6.07, 6.45) is 2.62. The Labute approximate surface area is 565 Å². The van der Waals surface area contributed by atoms with Crippen LogP contribution in [0.15, 0.2) is 24.8 Å². The summed E-state index contributed by atoms with van der Waals surface area (Å²) in [5, 5.41) is 34.2. The van der Waals surface area contributed by atoms with Crippen molar-refractivity contribution in [3.05, 3.63) is 24.8 Å². The number of aliphatic hydroxyl groups is 2. The normalized spacial score (nSPS) is 26.3. The molecule has 1 aliphatic rings. The number of ether oxygens (including phenoxy) is 2. The number of esters is 1. The monoisotopic (exact) mass is 1350 g/mol. The zero-order chi connectivity index (χ0) is 73.4. The Bertz CT molecular complexity index is 2630. The van der Waals surface area contributed by atoms with E-state index in [2.05, 4.69) is 27.8 Å². The molecule has 0 saturated carbocycles. The third kappa shape index (κ3) is 24.6. The van der Waals surface area contributed by atoms with Gasteiger partial charge in [-0.3, -0.25) is 57.5 Å².